The lowest BCUT2D eigenvalue weighted by atomic mass is 9.95. The van der Waals surface area contributed by atoms with Crippen LogP contribution in [-0.4, -0.2) is 53.0 Å². The number of rotatable bonds is 5. The van der Waals surface area contributed by atoms with Gasteiger partial charge in [0.1, 0.15) is 11.4 Å². The first-order valence-corrected chi connectivity index (χ1v) is 8.98. The lowest BCUT2D eigenvalue weighted by molar-refractivity contribution is 0.0755. The summed E-state index contributed by atoms with van der Waals surface area (Å²) in [7, 11) is 3.37. The first kappa shape index (κ1) is 18.1. The lowest BCUT2D eigenvalue weighted by Crippen LogP contribution is -2.32. The van der Waals surface area contributed by atoms with Gasteiger partial charge in [-0.1, -0.05) is 0 Å². The molecule has 138 valence electrons. The van der Waals surface area contributed by atoms with Gasteiger partial charge in [0.25, 0.3) is 5.91 Å². The van der Waals surface area contributed by atoms with Crippen LogP contribution in [0, 0.1) is 5.92 Å². The maximum Gasteiger partial charge on any atom is 0.259 e. The number of hydrogen-bond donors (Lipinski definition) is 1. The molecule has 1 amide bonds. The molecule has 1 fully saturated rings. The highest BCUT2D eigenvalue weighted by molar-refractivity contribution is 5.96. The minimum Gasteiger partial charge on any atom is -0.480 e. The highest BCUT2D eigenvalue weighted by Gasteiger charge is 2.24. The van der Waals surface area contributed by atoms with Gasteiger partial charge in [-0.05, 0) is 43.7 Å². The second kappa shape index (κ2) is 8.60. The van der Waals surface area contributed by atoms with E-state index in [-0.39, 0.29) is 5.91 Å². The second-order valence-corrected chi connectivity index (χ2v) is 6.50. The molecule has 1 saturated heterocycles. The number of amides is 1. The molecule has 2 aromatic rings. The van der Waals surface area contributed by atoms with Crippen molar-refractivity contribution >= 4 is 11.7 Å². The number of methoxy groups -OCH3 is 1. The Kier molecular flexibility index (Phi) is 5.99. The van der Waals surface area contributed by atoms with Gasteiger partial charge in [-0.2, -0.15) is 0 Å². The van der Waals surface area contributed by atoms with E-state index in [0.717, 1.165) is 50.3 Å². The maximum absolute atomic E-state index is 12.8. The fraction of sp³-hybridized carbons (Fsp3) is 0.474. The molecule has 0 saturated carbocycles. The van der Waals surface area contributed by atoms with E-state index >= 15 is 0 Å². The molecule has 3 rings (SSSR count). The Hall–Kier alpha value is -2.70. The van der Waals surface area contributed by atoms with Gasteiger partial charge < -0.3 is 15.0 Å². The average Bonchev–Trinajstić information content (AvgIpc) is 2.93. The Morgan fingerprint density at radius 3 is 2.88 bits per heavy atom. The van der Waals surface area contributed by atoms with Crippen LogP contribution in [0.5, 0.6) is 5.88 Å². The van der Waals surface area contributed by atoms with E-state index in [2.05, 4.69) is 20.3 Å². The Labute approximate surface area is 153 Å². The van der Waals surface area contributed by atoms with Crippen molar-refractivity contribution in [3.05, 3.63) is 42.0 Å². The van der Waals surface area contributed by atoms with Gasteiger partial charge in [0.05, 0.1) is 25.2 Å². The molecule has 1 aliphatic rings. The molecule has 3 heterocycles. The van der Waals surface area contributed by atoms with Gasteiger partial charge in [-0.15, -0.1) is 0 Å². The van der Waals surface area contributed by atoms with Gasteiger partial charge in [-0.25, -0.2) is 9.97 Å². The molecule has 1 N–H and O–H groups in total. The molecule has 7 heteroatoms. The molecule has 0 bridgehead atoms. The van der Waals surface area contributed by atoms with Crippen LogP contribution in [0.25, 0.3) is 0 Å². The van der Waals surface area contributed by atoms with E-state index in [1.807, 2.05) is 18.1 Å². The number of nitrogens with zero attached hydrogens (tertiary/aromatic N) is 4. The highest BCUT2D eigenvalue weighted by Crippen LogP contribution is 2.24. The molecule has 0 aliphatic carbocycles. The number of pyridine rings is 1. The van der Waals surface area contributed by atoms with E-state index in [1.165, 1.54) is 7.11 Å². The van der Waals surface area contributed by atoms with E-state index in [1.54, 1.807) is 24.5 Å². The molecule has 0 aromatic carbocycles. The smallest absolute Gasteiger partial charge is 0.259 e. The lowest BCUT2D eigenvalue weighted by Gasteiger charge is -2.21. The third-order valence-corrected chi connectivity index (χ3v) is 4.79. The summed E-state index contributed by atoms with van der Waals surface area (Å²) in [6.45, 7) is 1.50. The zero-order valence-electron chi connectivity index (χ0n) is 15.3. The summed E-state index contributed by atoms with van der Waals surface area (Å²) in [5.74, 6) is 1.67. The topological polar surface area (TPSA) is 80.2 Å². The van der Waals surface area contributed by atoms with Gasteiger partial charge in [0.2, 0.25) is 5.88 Å². The van der Waals surface area contributed by atoms with Crippen molar-refractivity contribution in [3.63, 3.8) is 0 Å². The Bertz CT molecular complexity index is 735. The van der Waals surface area contributed by atoms with E-state index in [9.17, 15) is 4.79 Å². The number of carbonyl (C=O) groups is 1. The Morgan fingerprint density at radius 1 is 1.27 bits per heavy atom. The molecule has 7 nitrogen and oxygen atoms in total. The SMILES string of the molecule is CNc1cnc(CC2CCCN(C(=O)c3cccnc3OC)CC2)cn1. The van der Waals surface area contributed by atoms with Gasteiger partial charge in [-0.3, -0.25) is 9.78 Å². The number of anilines is 1. The highest BCUT2D eigenvalue weighted by atomic mass is 16.5. The minimum absolute atomic E-state index is 0.00577. The predicted octanol–water partition coefficient (Wildman–Crippen LogP) is 2.41. The van der Waals surface area contributed by atoms with Crippen molar-refractivity contribution in [3.8, 4) is 5.88 Å². The summed E-state index contributed by atoms with van der Waals surface area (Å²) in [6.07, 6.45) is 9.16. The minimum atomic E-state index is -0.00577. The zero-order valence-corrected chi connectivity index (χ0v) is 15.3. The van der Waals surface area contributed by atoms with E-state index in [4.69, 9.17) is 4.74 Å². The van der Waals surface area contributed by atoms with Crippen molar-refractivity contribution < 1.29 is 9.53 Å². The maximum atomic E-state index is 12.8. The number of nitrogens with one attached hydrogen (secondary N) is 1. The van der Waals surface area contributed by atoms with Gasteiger partial charge in [0, 0.05) is 26.3 Å². The molecule has 1 aliphatic heterocycles. The van der Waals surface area contributed by atoms with Crippen LogP contribution < -0.4 is 10.1 Å². The normalized spacial score (nSPS) is 17.5. The summed E-state index contributed by atoms with van der Waals surface area (Å²) in [5, 5.41) is 2.98. The number of likely N-dealkylation sites (tertiary alicyclic amines) is 1. The summed E-state index contributed by atoms with van der Waals surface area (Å²) in [5.41, 5.74) is 1.53. The first-order chi connectivity index (χ1) is 12.7. The van der Waals surface area contributed by atoms with Crippen molar-refractivity contribution in [1.29, 1.82) is 0 Å². The number of ether oxygens (including phenoxy) is 1. The summed E-state index contributed by atoms with van der Waals surface area (Å²) in [6, 6.07) is 3.54. The summed E-state index contributed by atoms with van der Waals surface area (Å²) < 4.78 is 5.23. The van der Waals surface area contributed by atoms with E-state index < -0.39 is 0 Å². The molecular formula is C19H25N5O2. The van der Waals surface area contributed by atoms with Crippen molar-refractivity contribution in [2.45, 2.75) is 25.7 Å². The van der Waals surface area contributed by atoms with Crippen molar-refractivity contribution in [2.75, 3.05) is 32.6 Å². The summed E-state index contributed by atoms with van der Waals surface area (Å²) in [4.78, 5) is 27.7. The van der Waals surface area contributed by atoms with Crippen LogP contribution in [-0.2, 0) is 6.42 Å². The fourth-order valence-corrected chi connectivity index (χ4v) is 3.34. The largest absolute Gasteiger partial charge is 0.480 e. The number of hydrogen-bond acceptors (Lipinski definition) is 6. The standard InChI is InChI=1S/C19H25N5O2/c1-20-17-13-22-15(12-23-17)11-14-5-4-9-24(10-7-14)19(25)16-6-3-8-21-18(16)26-2/h3,6,8,12-14H,4-5,7,9-11H2,1-2H3,(H,20,23). The van der Waals surface area contributed by atoms with Crippen LogP contribution in [0.1, 0.15) is 35.3 Å². The van der Waals surface area contributed by atoms with Crippen molar-refractivity contribution in [2.24, 2.45) is 5.92 Å². The van der Waals surface area contributed by atoms with Gasteiger partial charge in [0.15, 0.2) is 0 Å². The van der Waals surface area contributed by atoms with Crippen LogP contribution in [0.3, 0.4) is 0 Å². The number of carbonyl (C=O) groups excluding carboxylic acids is 1. The molecule has 26 heavy (non-hydrogen) atoms. The quantitative estimate of drug-likeness (QED) is 0.887. The molecule has 0 radical (unpaired) electrons. The van der Waals surface area contributed by atoms with Crippen LogP contribution >= 0.6 is 0 Å². The number of aromatic nitrogens is 3. The van der Waals surface area contributed by atoms with Crippen LogP contribution in [0.2, 0.25) is 0 Å². The van der Waals surface area contributed by atoms with Crippen LogP contribution in [0.4, 0.5) is 5.82 Å². The van der Waals surface area contributed by atoms with Gasteiger partial charge >= 0.3 is 0 Å². The Balaban J connectivity index is 1.61. The molecule has 0 spiro atoms. The molecule has 1 atom stereocenters. The zero-order chi connectivity index (χ0) is 18.4. The molecule has 1 unspecified atom stereocenters. The average molecular weight is 355 g/mol. The Morgan fingerprint density at radius 2 is 2.15 bits per heavy atom. The second-order valence-electron chi connectivity index (χ2n) is 6.50. The summed E-state index contributed by atoms with van der Waals surface area (Å²) >= 11 is 0. The third-order valence-electron chi connectivity index (χ3n) is 4.79. The monoisotopic (exact) mass is 355 g/mol. The third kappa shape index (κ3) is 4.28. The first-order valence-electron chi connectivity index (χ1n) is 8.98. The molecule has 2 aromatic heterocycles. The molecular weight excluding hydrogens is 330 g/mol. The predicted molar refractivity (Wildman–Crippen MR) is 99.3 cm³/mol. The van der Waals surface area contributed by atoms with E-state index in [0.29, 0.717) is 17.4 Å². The fourth-order valence-electron chi connectivity index (χ4n) is 3.34. The van der Waals surface area contributed by atoms with Crippen molar-refractivity contribution in [1.82, 2.24) is 19.9 Å². The van der Waals surface area contributed by atoms with Crippen LogP contribution in [0.15, 0.2) is 30.7 Å².